The zero-order valence-corrected chi connectivity index (χ0v) is 12.4. The minimum atomic E-state index is -0.579. The second-order valence-electron chi connectivity index (χ2n) is 4.68. The van der Waals surface area contributed by atoms with Gasteiger partial charge >= 0.3 is 0 Å². The van der Waals surface area contributed by atoms with Crippen molar-refractivity contribution in [3.8, 4) is 0 Å². The van der Waals surface area contributed by atoms with Crippen LogP contribution >= 0.6 is 11.3 Å². The molecule has 3 N–H and O–H groups in total. The summed E-state index contributed by atoms with van der Waals surface area (Å²) in [6.07, 6.45) is 0. The summed E-state index contributed by atoms with van der Waals surface area (Å²) in [7, 11) is 0. The number of amidine groups is 1. The largest absolute Gasteiger partial charge is 0.409 e. The highest BCUT2D eigenvalue weighted by Crippen LogP contribution is 2.18. The molecule has 0 aliphatic carbocycles. The molecule has 1 heterocycles. The number of rotatable bonds is 6. The summed E-state index contributed by atoms with van der Waals surface area (Å²) in [5, 5.41) is 13.8. The van der Waals surface area contributed by atoms with Crippen molar-refractivity contribution in [2.45, 2.75) is 27.3 Å². The first-order chi connectivity index (χ1) is 9.01. The van der Waals surface area contributed by atoms with Crippen LogP contribution in [0.5, 0.6) is 0 Å². The molecule has 1 atom stereocenters. The monoisotopic (exact) mass is 283 g/mol. The molecule has 5 nitrogen and oxygen atoms in total. The van der Waals surface area contributed by atoms with Crippen LogP contribution < -0.4 is 5.73 Å². The molecule has 106 valence electrons. The van der Waals surface area contributed by atoms with Crippen LogP contribution in [0.25, 0.3) is 0 Å². The van der Waals surface area contributed by atoms with E-state index in [9.17, 15) is 4.79 Å². The van der Waals surface area contributed by atoms with E-state index in [1.54, 1.807) is 16.2 Å². The van der Waals surface area contributed by atoms with Gasteiger partial charge in [-0.1, -0.05) is 25.1 Å². The number of oxime groups is 1. The summed E-state index contributed by atoms with van der Waals surface area (Å²) in [5.74, 6) is -0.712. The number of carbonyl (C=O) groups is 1. The summed E-state index contributed by atoms with van der Waals surface area (Å²) >= 11 is 1.61. The summed E-state index contributed by atoms with van der Waals surface area (Å²) in [6, 6.07) is 3.95. The van der Waals surface area contributed by atoms with Crippen LogP contribution in [0.1, 0.15) is 25.6 Å². The number of carbonyl (C=O) groups excluding carboxylic acids is 1. The van der Waals surface area contributed by atoms with Crippen LogP contribution in [0.2, 0.25) is 0 Å². The average molecular weight is 283 g/mol. The summed E-state index contributed by atoms with van der Waals surface area (Å²) in [5.41, 5.74) is 5.64. The van der Waals surface area contributed by atoms with Crippen LogP contribution in [-0.4, -0.2) is 28.4 Å². The third-order valence-corrected chi connectivity index (χ3v) is 3.85. The predicted molar refractivity (Wildman–Crippen MR) is 77.1 cm³/mol. The molecule has 1 amide bonds. The molecule has 0 spiro atoms. The maximum atomic E-state index is 12.5. The third kappa shape index (κ3) is 3.96. The molecule has 0 saturated carbocycles. The number of hydrogen-bond donors (Lipinski definition) is 2. The first-order valence-corrected chi connectivity index (χ1v) is 7.17. The highest BCUT2D eigenvalue weighted by molar-refractivity contribution is 7.09. The van der Waals surface area contributed by atoms with Crippen molar-refractivity contribution in [3.05, 3.63) is 22.4 Å². The number of nitrogens with zero attached hydrogens (tertiary/aromatic N) is 2. The van der Waals surface area contributed by atoms with E-state index in [0.29, 0.717) is 13.1 Å². The zero-order chi connectivity index (χ0) is 14.4. The summed E-state index contributed by atoms with van der Waals surface area (Å²) < 4.78 is 0. The number of thiophene rings is 1. The number of nitrogens with two attached hydrogens (primary N) is 1. The molecule has 1 aromatic heterocycles. The van der Waals surface area contributed by atoms with Gasteiger partial charge in [0.15, 0.2) is 5.84 Å². The molecule has 0 aliphatic heterocycles. The third-order valence-electron chi connectivity index (χ3n) is 2.99. The van der Waals surface area contributed by atoms with E-state index < -0.39 is 5.92 Å². The van der Waals surface area contributed by atoms with E-state index in [4.69, 9.17) is 10.9 Å². The Kier molecular flexibility index (Phi) is 5.82. The minimum absolute atomic E-state index is 0.0132. The molecule has 0 aromatic carbocycles. The van der Waals surface area contributed by atoms with Gasteiger partial charge in [-0.05, 0) is 24.3 Å². The highest BCUT2D eigenvalue weighted by atomic mass is 32.1. The Hall–Kier alpha value is -1.56. The second kappa shape index (κ2) is 7.13. The number of hydrogen-bond acceptors (Lipinski definition) is 4. The lowest BCUT2D eigenvalue weighted by Crippen LogP contribution is -2.43. The molecule has 0 aliphatic rings. The molecule has 0 fully saturated rings. The Morgan fingerprint density at radius 2 is 2.26 bits per heavy atom. The molecule has 1 rings (SSSR count). The Morgan fingerprint density at radius 3 is 2.68 bits per heavy atom. The van der Waals surface area contributed by atoms with Crippen molar-refractivity contribution in [2.75, 3.05) is 6.54 Å². The average Bonchev–Trinajstić information content (AvgIpc) is 2.88. The van der Waals surface area contributed by atoms with E-state index in [0.717, 1.165) is 4.88 Å². The van der Waals surface area contributed by atoms with Crippen LogP contribution in [0, 0.1) is 11.8 Å². The molecule has 0 saturated heterocycles. The van der Waals surface area contributed by atoms with E-state index in [-0.39, 0.29) is 17.7 Å². The van der Waals surface area contributed by atoms with Gasteiger partial charge in [0, 0.05) is 11.4 Å². The van der Waals surface area contributed by atoms with E-state index in [1.807, 2.05) is 38.3 Å². The van der Waals surface area contributed by atoms with Crippen LogP contribution in [0.15, 0.2) is 22.7 Å². The SMILES string of the molecule is CCN(Cc1cccs1)C(=O)C(C(N)=NO)C(C)C. The van der Waals surface area contributed by atoms with Gasteiger partial charge in [0.25, 0.3) is 0 Å². The number of amides is 1. The topological polar surface area (TPSA) is 78.9 Å². The smallest absolute Gasteiger partial charge is 0.233 e. The lowest BCUT2D eigenvalue weighted by molar-refractivity contribution is -0.134. The van der Waals surface area contributed by atoms with Crippen molar-refractivity contribution in [1.29, 1.82) is 0 Å². The zero-order valence-electron chi connectivity index (χ0n) is 11.5. The van der Waals surface area contributed by atoms with E-state index in [1.165, 1.54) is 0 Å². The van der Waals surface area contributed by atoms with Crippen molar-refractivity contribution < 1.29 is 10.0 Å². The molecule has 0 radical (unpaired) electrons. The van der Waals surface area contributed by atoms with Crippen LogP contribution in [0.3, 0.4) is 0 Å². The van der Waals surface area contributed by atoms with Gasteiger partial charge in [-0.2, -0.15) is 0 Å². The Labute approximate surface area is 117 Å². The summed E-state index contributed by atoms with van der Waals surface area (Å²) in [6.45, 7) is 6.86. The van der Waals surface area contributed by atoms with Gasteiger partial charge in [-0.15, -0.1) is 11.3 Å². The van der Waals surface area contributed by atoms with Crippen molar-refractivity contribution >= 4 is 23.1 Å². The van der Waals surface area contributed by atoms with Gasteiger partial charge in [-0.25, -0.2) is 0 Å². The normalized spacial score (nSPS) is 13.6. The van der Waals surface area contributed by atoms with Gasteiger partial charge in [0.1, 0.15) is 5.92 Å². The maximum Gasteiger partial charge on any atom is 0.233 e. The molecule has 0 bridgehead atoms. The van der Waals surface area contributed by atoms with Crippen molar-refractivity contribution in [2.24, 2.45) is 22.7 Å². The maximum absolute atomic E-state index is 12.5. The predicted octanol–water partition coefficient (Wildman–Crippen LogP) is 2.12. The van der Waals surface area contributed by atoms with Crippen molar-refractivity contribution in [3.63, 3.8) is 0 Å². The fraction of sp³-hybridized carbons (Fsp3) is 0.538. The second-order valence-corrected chi connectivity index (χ2v) is 5.71. The van der Waals surface area contributed by atoms with Crippen molar-refractivity contribution in [1.82, 2.24) is 4.90 Å². The molecular weight excluding hydrogens is 262 g/mol. The molecule has 19 heavy (non-hydrogen) atoms. The standard InChI is InChI=1S/C13H21N3O2S/c1-4-16(8-10-6-5-7-19-10)13(17)11(9(2)3)12(14)15-18/h5-7,9,11,18H,4,8H2,1-3H3,(H2,14,15). The van der Waals surface area contributed by atoms with E-state index >= 15 is 0 Å². The molecular formula is C13H21N3O2S. The Balaban J connectivity index is 2.86. The lowest BCUT2D eigenvalue weighted by atomic mass is 9.93. The van der Waals surface area contributed by atoms with Crippen LogP contribution in [0.4, 0.5) is 0 Å². The first-order valence-electron chi connectivity index (χ1n) is 6.29. The van der Waals surface area contributed by atoms with E-state index in [2.05, 4.69) is 5.16 Å². The molecule has 6 heteroatoms. The van der Waals surface area contributed by atoms with Gasteiger partial charge in [-0.3, -0.25) is 4.79 Å². The Morgan fingerprint density at radius 1 is 1.58 bits per heavy atom. The fourth-order valence-electron chi connectivity index (χ4n) is 1.95. The van der Waals surface area contributed by atoms with Gasteiger partial charge in [0.05, 0.1) is 6.54 Å². The fourth-order valence-corrected chi connectivity index (χ4v) is 2.67. The Bertz CT molecular complexity index is 429. The highest BCUT2D eigenvalue weighted by Gasteiger charge is 2.30. The molecule has 1 aromatic rings. The van der Waals surface area contributed by atoms with Crippen LogP contribution in [-0.2, 0) is 11.3 Å². The molecule has 1 unspecified atom stereocenters. The minimum Gasteiger partial charge on any atom is -0.409 e. The quantitative estimate of drug-likeness (QED) is 0.363. The summed E-state index contributed by atoms with van der Waals surface area (Å²) in [4.78, 5) is 15.4. The lowest BCUT2D eigenvalue weighted by Gasteiger charge is -2.27. The van der Waals surface area contributed by atoms with Gasteiger partial charge < -0.3 is 15.8 Å². The van der Waals surface area contributed by atoms with Gasteiger partial charge in [0.2, 0.25) is 5.91 Å². The first kappa shape index (κ1) is 15.5.